The van der Waals surface area contributed by atoms with Gasteiger partial charge in [-0.3, -0.25) is 9.78 Å². The van der Waals surface area contributed by atoms with Crippen LogP contribution in [0.2, 0.25) is 0 Å². The van der Waals surface area contributed by atoms with Gasteiger partial charge in [0.1, 0.15) is 22.9 Å². The monoisotopic (exact) mass is 661 g/mol. The summed E-state index contributed by atoms with van der Waals surface area (Å²) in [4.78, 5) is 23.6. The van der Waals surface area contributed by atoms with Crippen LogP contribution in [0.1, 0.15) is 78.2 Å². The number of fused-ring (bicyclic) bond motifs is 1. The van der Waals surface area contributed by atoms with Crippen LogP contribution in [-0.2, 0) is 10.0 Å². The highest BCUT2D eigenvalue weighted by Crippen LogP contribution is 2.56. The standard InChI is InChI=1S/C34H33F2N5O5S/c1-19-8-11-37-18-25(19)30-29(31(46-39-30)20-2-3-20)21-16-34(17-21)9-12-41(13-10-34)22-4-7-26-24(14-22)28(45-33(35)36)15-27(38-26)32(42)40-47(43,44)23-5-6-23/h4,7-8,11,14-16,18,20,23,33H,2-3,5-6,9-10,12-13,17H2,1H3,(H,40,42). The Labute approximate surface area is 270 Å². The maximum atomic E-state index is 13.4. The fraction of sp³-hybridized carbons (Fsp3) is 0.412. The van der Waals surface area contributed by atoms with Gasteiger partial charge in [0.05, 0.1) is 10.8 Å². The molecule has 0 bridgehead atoms. The Hall–Kier alpha value is -4.39. The molecule has 0 atom stereocenters. The molecule has 1 N–H and O–H groups in total. The number of hydrogen-bond acceptors (Lipinski definition) is 9. The molecule has 244 valence electrons. The van der Waals surface area contributed by atoms with Crippen LogP contribution in [0.25, 0.3) is 27.7 Å². The number of amides is 1. The van der Waals surface area contributed by atoms with Gasteiger partial charge in [0.15, 0.2) is 0 Å². The van der Waals surface area contributed by atoms with E-state index < -0.39 is 27.8 Å². The zero-order valence-corrected chi connectivity index (χ0v) is 26.5. The SMILES string of the molecule is Cc1ccncc1-c1noc(C2CC2)c1C1=CC2(CCN(c3ccc4nc(C(=O)NS(=O)(=O)C5CC5)cc(OC(F)F)c4c3)CC2)C1. The van der Waals surface area contributed by atoms with Crippen LogP contribution in [0.5, 0.6) is 5.75 Å². The Kier molecular flexibility index (Phi) is 7.08. The number of carbonyl (C=O) groups is 1. The number of halogens is 2. The molecule has 1 amide bonds. The van der Waals surface area contributed by atoms with Gasteiger partial charge in [0.2, 0.25) is 10.0 Å². The summed E-state index contributed by atoms with van der Waals surface area (Å²) in [5, 5.41) is 4.21. The van der Waals surface area contributed by atoms with Crippen molar-refractivity contribution in [2.75, 3.05) is 18.0 Å². The third-order valence-corrected chi connectivity index (χ3v) is 11.6. The molecule has 4 aromatic rings. The van der Waals surface area contributed by atoms with Gasteiger partial charge in [-0.15, -0.1) is 0 Å². The van der Waals surface area contributed by atoms with E-state index in [9.17, 15) is 22.0 Å². The van der Waals surface area contributed by atoms with Crippen LogP contribution < -0.4 is 14.4 Å². The maximum Gasteiger partial charge on any atom is 0.387 e. The summed E-state index contributed by atoms with van der Waals surface area (Å²) in [5.74, 6) is 0.193. The number of rotatable bonds is 9. The highest BCUT2D eigenvalue weighted by atomic mass is 32.2. The second-order valence-corrected chi connectivity index (χ2v) is 15.2. The molecule has 2 saturated carbocycles. The van der Waals surface area contributed by atoms with Crippen molar-refractivity contribution in [1.82, 2.24) is 19.8 Å². The molecule has 13 heteroatoms. The summed E-state index contributed by atoms with van der Waals surface area (Å²) in [5.41, 5.74) is 6.20. The Morgan fingerprint density at radius 1 is 1.13 bits per heavy atom. The number of nitrogens with one attached hydrogen (secondary N) is 1. The lowest BCUT2D eigenvalue weighted by molar-refractivity contribution is -0.0488. The smallest absolute Gasteiger partial charge is 0.387 e. The van der Waals surface area contributed by atoms with Gasteiger partial charge in [-0.1, -0.05) is 11.2 Å². The summed E-state index contributed by atoms with van der Waals surface area (Å²) in [6, 6.07) is 8.29. The van der Waals surface area contributed by atoms with Crippen LogP contribution in [0.4, 0.5) is 14.5 Å². The van der Waals surface area contributed by atoms with E-state index in [-0.39, 0.29) is 22.4 Å². The first kappa shape index (κ1) is 30.0. The van der Waals surface area contributed by atoms with Gasteiger partial charge in [-0.05, 0) is 92.7 Å². The van der Waals surface area contributed by atoms with Gasteiger partial charge < -0.3 is 14.2 Å². The van der Waals surface area contributed by atoms with Crippen molar-refractivity contribution in [2.45, 2.75) is 69.6 Å². The number of nitrogens with zero attached hydrogens (tertiary/aromatic N) is 4. The molecule has 3 fully saturated rings. The highest BCUT2D eigenvalue weighted by Gasteiger charge is 2.44. The minimum atomic E-state index is -3.84. The van der Waals surface area contributed by atoms with Crippen LogP contribution >= 0.6 is 0 Å². The zero-order chi connectivity index (χ0) is 32.5. The molecular formula is C34H33F2N5O5S. The molecule has 4 aliphatic rings. The van der Waals surface area contributed by atoms with E-state index in [0.29, 0.717) is 24.1 Å². The highest BCUT2D eigenvalue weighted by molar-refractivity contribution is 7.91. The number of sulfonamides is 1. The van der Waals surface area contributed by atoms with Gasteiger partial charge in [-0.25, -0.2) is 18.1 Å². The van der Waals surface area contributed by atoms with Crippen molar-refractivity contribution in [1.29, 1.82) is 0 Å². The number of carbonyl (C=O) groups excluding carboxylic acids is 1. The second kappa shape index (κ2) is 11.1. The number of hydrogen-bond donors (Lipinski definition) is 1. The number of aromatic nitrogens is 3. The van der Waals surface area contributed by atoms with E-state index in [0.717, 1.165) is 85.1 Å². The number of aryl methyl sites for hydroxylation is 1. The van der Waals surface area contributed by atoms with Crippen molar-refractivity contribution < 1.29 is 31.3 Å². The van der Waals surface area contributed by atoms with E-state index in [1.54, 1.807) is 18.3 Å². The molecule has 10 nitrogen and oxygen atoms in total. The molecule has 1 aliphatic heterocycles. The summed E-state index contributed by atoms with van der Waals surface area (Å²) < 4.78 is 64.1. The summed E-state index contributed by atoms with van der Waals surface area (Å²) in [7, 11) is -3.84. The largest absolute Gasteiger partial charge is 0.434 e. The maximum absolute atomic E-state index is 13.4. The van der Waals surface area contributed by atoms with Gasteiger partial charge in [0.25, 0.3) is 5.91 Å². The molecule has 4 heterocycles. The fourth-order valence-electron chi connectivity index (χ4n) is 6.88. The van der Waals surface area contributed by atoms with Crippen LogP contribution in [0, 0.1) is 12.3 Å². The molecule has 8 rings (SSSR count). The molecule has 1 saturated heterocycles. The second-order valence-electron chi connectivity index (χ2n) is 13.2. The number of anilines is 1. The van der Waals surface area contributed by atoms with Gasteiger partial charge >= 0.3 is 6.61 Å². The molecule has 0 radical (unpaired) electrons. The third kappa shape index (κ3) is 5.64. The van der Waals surface area contributed by atoms with Crippen molar-refractivity contribution >= 4 is 38.1 Å². The molecule has 3 aliphatic carbocycles. The minimum Gasteiger partial charge on any atom is -0.434 e. The van der Waals surface area contributed by atoms with E-state index in [1.807, 2.05) is 23.1 Å². The lowest BCUT2D eigenvalue weighted by Gasteiger charge is -2.47. The third-order valence-electron chi connectivity index (χ3n) is 9.83. The predicted octanol–water partition coefficient (Wildman–Crippen LogP) is 6.37. The van der Waals surface area contributed by atoms with Gasteiger partial charge in [0, 0.05) is 59.7 Å². The van der Waals surface area contributed by atoms with Crippen molar-refractivity contribution in [3.05, 3.63) is 71.4 Å². The van der Waals surface area contributed by atoms with Crippen molar-refractivity contribution in [3.8, 4) is 17.0 Å². The molecule has 1 spiro atoms. The van der Waals surface area contributed by atoms with Crippen LogP contribution in [0.3, 0.4) is 0 Å². The lowest BCUT2D eigenvalue weighted by Crippen LogP contribution is -2.42. The lowest BCUT2D eigenvalue weighted by atomic mass is 9.63. The Balaban J connectivity index is 1.02. The predicted molar refractivity (Wildman–Crippen MR) is 171 cm³/mol. The average molecular weight is 662 g/mol. The van der Waals surface area contributed by atoms with E-state index in [2.05, 4.69) is 33.0 Å². The first-order valence-corrected chi connectivity index (χ1v) is 17.5. The Morgan fingerprint density at radius 2 is 1.89 bits per heavy atom. The minimum absolute atomic E-state index is 0.0661. The number of pyridine rings is 2. The molecule has 3 aromatic heterocycles. The molecule has 47 heavy (non-hydrogen) atoms. The molecular weight excluding hydrogens is 628 g/mol. The number of allylic oxidation sites excluding steroid dienone is 2. The molecule has 1 aromatic carbocycles. The van der Waals surface area contributed by atoms with E-state index >= 15 is 0 Å². The molecule has 0 unspecified atom stereocenters. The fourth-order valence-corrected chi connectivity index (χ4v) is 8.16. The van der Waals surface area contributed by atoms with Crippen molar-refractivity contribution in [3.63, 3.8) is 0 Å². The Morgan fingerprint density at radius 3 is 2.57 bits per heavy atom. The number of benzene rings is 1. The summed E-state index contributed by atoms with van der Waals surface area (Å²) in [6.07, 6.45) is 12.0. The van der Waals surface area contributed by atoms with Crippen LogP contribution in [-0.4, -0.2) is 54.4 Å². The normalized spacial score (nSPS) is 19.1. The Bertz CT molecular complexity index is 2050. The van der Waals surface area contributed by atoms with Crippen LogP contribution in [0.15, 0.2) is 53.3 Å². The van der Waals surface area contributed by atoms with Gasteiger partial charge in [-0.2, -0.15) is 8.78 Å². The number of piperidine rings is 1. The van der Waals surface area contributed by atoms with Crippen molar-refractivity contribution in [2.24, 2.45) is 5.41 Å². The average Bonchev–Trinajstić information content (AvgIpc) is 3.97. The number of ether oxygens (including phenoxy) is 1. The first-order chi connectivity index (χ1) is 22.6. The summed E-state index contributed by atoms with van der Waals surface area (Å²) in [6.45, 7) is 0.447. The quantitative estimate of drug-likeness (QED) is 0.218. The van der Waals surface area contributed by atoms with E-state index in [4.69, 9.17) is 9.26 Å². The number of alkyl halides is 2. The summed E-state index contributed by atoms with van der Waals surface area (Å²) >= 11 is 0. The zero-order valence-electron chi connectivity index (χ0n) is 25.7. The van der Waals surface area contributed by atoms with E-state index in [1.165, 1.54) is 5.57 Å². The topological polar surface area (TPSA) is 128 Å². The first-order valence-electron chi connectivity index (χ1n) is 15.9.